The summed E-state index contributed by atoms with van der Waals surface area (Å²) in [6, 6.07) is 1.56. The molecule has 0 amide bonds. The SMILES string of the molecule is CCCc1cc(=O)[nH]c(Sc2ncnc3sc(C)c(C)c23)n1. The number of nitrogens with zero attached hydrogens (tertiary/aromatic N) is 3. The number of hydrogen-bond donors (Lipinski definition) is 1. The van der Waals surface area contributed by atoms with Crippen molar-refractivity contribution in [1.29, 1.82) is 0 Å². The summed E-state index contributed by atoms with van der Waals surface area (Å²) >= 11 is 3.05. The van der Waals surface area contributed by atoms with Crippen molar-refractivity contribution in [2.75, 3.05) is 0 Å². The van der Waals surface area contributed by atoms with Crippen LogP contribution >= 0.6 is 23.1 Å². The molecule has 0 unspecified atom stereocenters. The van der Waals surface area contributed by atoms with Crippen molar-refractivity contribution in [2.24, 2.45) is 0 Å². The zero-order valence-electron chi connectivity index (χ0n) is 12.6. The Bertz CT molecular complexity index is 885. The Morgan fingerprint density at radius 2 is 2.14 bits per heavy atom. The minimum atomic E-state index is -0.121. The molecule has 22 heavy (non-hydrogen) atoms. The molecule has 0 saturated heterocycles. The van der Waals surface area contributed by atoms with Crippen LogP contribution in [0.1, 0.15) is 29.5 Å². The third-order valence-corrected chi connectivity index (χ3v) is 5.41. The normalized spacial score (nSPS) is 11.2. The van der Waals surface area contributed by atoms with Crippen LogP contribution in [-0.4, -0.2) is 19.9 Å². The van der Waals surface area contributed by atoms with Gasteiger partial charge >= 0.3 is 0 Å². The highest BCUT2D eigenvalue weighted by molar-refractivity contribution is 7.99. The standard InChI is InChI=1S/C15H16N4OS2/c1-4-5-10-6-11(20)19-15(18-10)22-14-12-8(2)9(3)21-13(12)16-7-17-14/h6-7H,4-5H2,1-3H3,(H,18,19,20). The van der Waals surface area contributed by atoms with E-state index in [4.69, 9.17) is 0 Å². The number of nitrogens with one attached hydrogen (secondary N) is 1. The van der Waals surface area contributed by atoms with Crippen LogP contribution in [-0.2, 0) is 6.42 Å². The zero-order valence-corrected chi connectivity index (χ0v) is 14.3. The van der Waals surface area contributed by atoms with Crippen LogP contribution < -0.4 is 5.56 Å². The van der Waals surface area contributed by atoms with Gasteiger partial charge in [0, 0.05) is 22.0 Å². The van der Waals surface area contributed by atoms with E-state index < -0.39 is 0 Å². The first-order chi connectivity index (χ1) is 10.6. The first kappa shape index (κ1) is 15.2. The van der Waals surface area contributed by atoms with Crippen molar-refractivity contribution in [3.63, 3.8) is 0 Å². The molecule has 3 rings (SSSR count). The largest absolute Gasteiger partial charge is 0.301 e. The fourth-order valence-corrected chi connectivity index (χ4v) is 4.25. The lowest BCUT2D eigenvalue weighted by atomic mass is 10.2. The van der Waals surface area contributed by atoms with E-state index in [1.165, 1.54) is 22.2 Å². The second-order valence-electron chi connectivity index (χ2n) is 5.04. The molecule has 0 aliphatic carbocycles. The average Bonchev–Trinajstić information content (AvgIpc) is 2.75. The first-order valence-electron chi connectivity index (χ1n) is 7.07. The van der Waals surface area contributed by atoms with Gasteiger partial charge in [-0.15, -0.1) is 11.3 Å². The lowest BCUT2D eigenvalue weighted by molar-refractivity contribution is 0.815. The maximum absolute atomic E-state index is 11.8. The van der Waals surface area contributed by atoms with Crippen LogP contribution in [0.25, 0.3) is 10.2 Å². The van der Waals surface area contributed by atoms with E-state index in [0.29, 0.717) is 5.16 Å². The van der Waals surface area contributed by atoms with E-state index in [-0.39, 0.29) is 5.56 Å². The molecular formula is C15H16N4OS2. The molecule has 0 aliphatic heterocycles. The van der Waals surface area contributed by atoms with Gasteiger partial charge in [0.05, 0.1) is 0 Å². The van der Waals surface area contributed by atoms with Crippen LogP contribution in [0.15, 0.2) is 27.4 Å². The molecule has 3 heterocycles. The Morgan fingerprint density at radius 3 is 2.91 bits per heavy atom. The molecule has 0 aromatic carbocycles. The number of rotatable bonds is 4. The van der Waals surface area contributed by atoms with E-state index in [1.807, 2.05) is 0 Å². The van der Waals surface area contributed by atoms with Gasteiger partial charge in [-0.25, -0.2) is 15.0 Å². The van der Waals surface area contributed by atoms with E-state index in [2.05, 4.69) is 40.7 Å². The maximum atomic E-state index is 11.8. The molecule has 0 spiro atoms. The number of aromatic amines is 1. The predicted octanol–water partition coefficient (Wildman–Crippen LogP) is 3.50. The Labute approximate surface area is 136 Å². The fraction of sp³-hybridized carbons (Fsp3) is 0.333. The quantitative estimate of drug-likeness (QED) is 0.585. The van der Waals surface area contributed by atoms with Gasteiger partial charge in [-0.3, -0.25) is 4.79 Å². The summed E-state index contributed by atoms with van der Waals surface area (Å²) in [4.78, 5) is 30.0. The maximum Gasteiger partial charge on any atom is 0.251 e. The highest BCUT2D eigenvalue weighted by Crippen LogP contribution is 2.36. The van der Waals surface area contributed by atoms with Gasteiger partial charge in [-0.1, -0.05) is 13.3 Å². The minimum absolute atomic E-state index is 0.121. The van der Waals surface area contributed by atoms with Crippen LogP contribution in [0.3, 0.4) is 0 Å². The first-order valence-corrected chi connectivity index (χ1v) is 8.70. The second-order valence-corrected chi connectivity index (χ2v) is 7.22. The van der Waals surface area contributed by atoms with Crippen molar-refractivity contribution in [3.05, 3.63) is 38.9 Å². The van der Waals surface area contributed by atoms with Crippen molar-refractivity contribution in [3.8, 4) is 0 Å². The molecule has 114 valence electrons. The minimum Gasteiger partial charge on any atom is -0.301 e. The highest BCUT2D eigenvalue weighted by Gasteiger charge is 2.14. The monoisotopic (exact) mass is 332 g/mol. The summed E-state index contributed by atoms with van der Waals surface area (Å²) in [5.41, 5.74) is 1.89. The van der Waals surface area contributed by atoms with Gasteiger partial charge < -0.3 is 4.98 Å². The lowest BCUT2D eigenvalue weighted by Gasteiger charge is -2.04. The predicted molar refractivity (Wildman–Crippen MR) is 89.9 cm³/mol. The van der Waals surface area contributed by atoms with Crippen molar-refractivity contribution >= 4 is 33.3 Å². The second kappa shape index (κ2) is 6.18. The molecule has 3 aromatic rings. The van der Waals surface area contributed by atoms with E-state index >= 15 is 0 Å². The Kier molecular flexibility index (Phi) is 4.26. The Balaban J connectivity index is 2.05. The van der Waals surface area contributed by atoms with Gasteiger partial charge in [0.15, 0.2) is 5.16 Å². The Morgan fingerprint density at radius 1 is 1.32 bits per heavy atom. The molecule has 0 radical (unpaired) electrons. The summed E-state index contributed by atoms with van der Waals surface area (Å²) in [6.07, 6.45) is 3.32. The average molecular weight is 332 g/mol. The summed E-state index contributed by atoms with van der Waals surface area (Å²) in [5.74, 6) is 0. The fourth-order valence-electron chi connectivity index (χ4n) is 2.24. The number of H-pyrrole nitrogens is 1. The van der Waals surface area contributed by atoms with E-state index in [1.54, 1.807) is 23.7 Å². The molecule has 7 heteroatoms. The summed E-state index contributed by atoms with van der Waals surface area (Å²) in [7, 11) is 0. The molecule has 5 nitrogen and oxygen atoms in total. The molecular weight excluding hydrogens is 316 g/mol. The smallest absolute Gasteiger partial charge is 0.251 e. The topological polar surface area (TPSA) is 71.5 Å². The molecule has 1 N–H and O–H groups in total. The highest BCUT2D eigenvalue weighted by atomic mass is 32.2. The molecule has 0 saturated carbocycles. The van der Waals surface area contributed by atoms with Crippen LogP contribution in [0.4, 0.5) is 0 Å². The van der Waals surface area contributed by atoms with Gasteiger partial charge in [-0.05, 0) is 37.6 Å². The van der Waals surface area contributed by atoms with E-state index in [0.717, 1.165) is 33.8 Å². The number of hydrogen-bond acceptors (Lipinski definition) is 6. The Hall–Kier alpha value is -1.73. The van der Waals surface area contributed by atoms with E-state index in [9.17, 15) is 4.79 Å². The van der Waals surface area contributed by atoms with Crippen LogP contribution in [0, 0.1) is 13.8 Å². The van der Waals surface area contributed by atoms with Gasteiger partial charge in [0.25, 0.3) is 5.56 Å². The molecule has 0 aliphatic rings. The molecule has 3 aromatic heterocycles. The molecule has 0 atom stereocenters. The van der Waals surface area contributed by atoms with Crippen molar-refractivity contribution in [2.45, 2.75) is 43.8 Å². The summed E-state index contributed by atoms with van der Waals surface area (Å²) < 4.78 is 0. The van der Waals surface area contributed by atoms with Crippen LogP contribution in [0.5, 0.6) is 0 Å². The molecule has 0 fully saturated rings. The number of thiophene rings is 1. The number of aromatic nitrogens is 4. The number of aryl methyl sites for hydroxylation is 3. The van der Waals surface area contributed by atoms with Gasteiger partial charge in [0.2, 0.25) is 0 Å². The lowest BCUT2D eigenvalue weighted by Crippen LogP contribution is -2.10. The van der Waals surface area contributed by atoms with Gasteiger partial charge in [-0.2, -0.15) is 0 Å². The number of fused-ring (bicyclic) bond motifs is 1. The van der Waals surface area contributed by atoms with Crippen molar-refractivity contribution < 1.29 is 0 Å². The zero-order chi connectivity index (χ0) is 15.7. The van der Waals surface area contributed by atoms with Gasteiger partial charge in [0.1, 0.15) is 16.2 Å². The van der Waals surface area contributed by atoms with Crippen LogP contribution in [0.2, 0.25) is 0 Å². The third-order valence-electron chi connectivity index (χ3n) is 3.40. The summed E-state index contributed by atoms with van der Waals surface area (Å²) in [6.45, 7) is 6.23. The summed E-state index contributed by atoms with van der Waals surface area (Å²) in [5, 5.41) is 2.47. The molecule has 0 bridgehead atoms. The van der Waals surface area contributed by atoms with Crippen molar-refractivity contribution in [1.82, 2.24) is 19.9 Å². The third kappa shape index (κ3) is 2.91.